The molecule has 0 heterocycles. The van der Waals surface area contributed by atoms with Crippen LogP contribution in [-0.2, 0) is 14.3 Å². The Balaban J connectivity index is 1.34. The van der Waals surface area contributed by atoms with Crippen molar-refractivity contribution < 1.29 is 14.3 Å². The van der Waals surface area contributed by atoms with E-state index in [2.05, 4.69) is 39.4 Å². The second kappa shape index (κ2) is 11.7. The number of carbonyl (C=O) groups excluding carboxylic acids is 1. The lowest BCUT2D eigenvalue weighted by Crippen LogP contribution is -2.54. The van der Waals surface area contributed by atoms with Gasteiger partial charge in [-0.05, 0) is 116 Å². The van der Waals surface area contributed by atoms with Gasteiger partial charge < -0.3 is 9.47 Å². The van der Waals surface area contributed by atoms with Gasteiger partial charge in [-0.3, -0.25) is 4.79 Å². The van der Waals surface area contributed by atoms with Crippen LogP contribution in [-0.4, -0.2) is 18.7 Å². The zero-order valence-corrected chi connectivity index (χ0v) is 23.9. The second-order valence-electron chi connectivity index (χ2n) is 14.1. The van der Waals surface area contributed by atoms with Gasteiger partial charge in [0.15, 0.2) is 0 Å². The summed E-state index contributed by atoms with van der Waals surface area (Å²) in [6, 6.07) is 0. The maximum Gasteiger partial charge on any atom is 0.306 e. The van der Waals surface area contributed by atoms with Gasteiger partial charge in [0.1, 0.15) is 12.7 Å². The molecule has 0 saturated heterocycles. The number of hydrogen-bond acceptors (Lipinski definition) is 4. The summed E-state index contributed by atoms with van der Waals surface area (Å²) in [6.45, 7) is 12.9. The third kappa shape index (κ3) is 5.61. The Morgan fingerprint density at radius 1 is 0.944 bits per heavy atom. The van der Waals surface area contributed by atoms with Crippen molar-refractivity contribution in [3.63, 3.8) is 0 Å². The standard InChI is InChI=1S/C32H53NO3/c1-22(2)8-6-9-23(3)27-13-14-28-26-12-11-24-20-25(36-30(34)10-7-19-35-21-33)15-17-31(24,4)29(26)16-18-32(27,28)5/h22-29H,6-20H2,1-5H3. The Bertz CT molecular complexity index is 789. The lowest BCUT2D eigenvalue weighted by Gasteiger charge is -2.61. The average molecular weight is 500 g/mol. The zero-order valence-electron chi connectivity index (χ0n) is 23.9. The monoisotopic (exact) mass is 499 g/mol. The van der Waals surface area contributed by atoms with Crippen LogP contribution in [0.25, 0.3) is 0 Å². The van der Waals surface area contributed by atoms with E-state index in [1.807, 2.05) is 0 Å². The first-order valence-corrected chi connectivity index (χ1v) is 15.4. The molecule has 4 heteroatoms. The van der Waals surface area contributed by atoms with Gasteiger partial charge in [0.05, 0.1) is 0 Å². The highest BCUT2D eigenvalue weighted by atomic mass is 16.5. The van der Waals surface area contributed by atoms with Gasteiger partial charge in [0.25, 0.3) is 6.26 Å². The lowest BCUT2D eigenvalue weighted by atomic mass is 9.44. The Morgan fingerprint density at radius 2 is 1.69 bits per heavy atom. The van der Waals surface area contributed by atoms with E-state index in [9.17, 15) is 4.79 Å². The van der Waals surface area contributed by atoms with E-state index in [4.69, 9.17) is 10.00 Å². The molecule has 9 unspecified atom stereocenters. The first-order chi connectivity index (χ1) is 17.2. The molecule has 0 aromatic heterocycles. The summed E-state index contributed by atoms with van der Waals surface area (Å²) in [5.41, 5.74) is 0.984. The molecule has 36 heavy (non-hydrogen) atoms. The normalized spacial score (nSPS) is 40.5. The predicted octanol–water partition coefficient (Wildman–Crippen LogP) is 8.30. The van der Waals surface area contributed by atoms with E-state index < -0.39 is 0 Å². The minimum Gasteiger partial charge on any atom is -0.462 e. The van der Waals surface area contributed by atoms with Crippen molar-refractivity contribution in [3.05, 3.63) is 0 Å². The fraction of sp³-hybridized carbons (Fsp3) is 0.938. The largest absolute Gasteiger partial charge is 0.462 e. The second-order valence-corrected chi connectivity index (χ2v) is 14.1. The van der Waals surface area contributed by atoms with E-state index in [-0.39, 0.29) is 12.1 Å². The Hall–Kier alpha value is -1.24. The topological polar surface area (TPSA) is 59.3 Å². The maximum atomic E-state index is 12.3. The van der Waals surface area contributed by atoms with Gasteiger partial charge in [0.2, 0.25) is 0 Å². The molecule has 4 saturated carbocycles. The molecule has 0 amide bonds. The molecule has 4 aliphatic carbocycles. The smallest absolute Gasteiger partial charge is 0.306 e. The van der Waals surface area contributed by atoms with Crippen molar-refractivity contribution >= 4 is 5.97 Å². The van der Waals surface area contributed by atoms with Crippen molar-refractivity contribution in [1.29, 1.82) is 5.26 Å². The average Bonchev–Trinajstić information content (AvgIpc) is 3.19. The summed E-state index contributed by atoms with van der Waals surface area (Å²) < 4.78 is 10.6. The molecule has 0 spiro atoms. The van der Waals surface area contributed by atoms with Crippen LogP contribution in [0.2, 0.25) is 0 Å². The number of carbonyl (C=O) groups is 1. The highest BCUT2D eigenvalue weighted by molar-refractivity contribution is 5.69. The van der Waals surface area contributed by atoms with Gasteiger partial charge in [-0.1, -0.05) is 53.9 Å². The molecule has 4 aliphatic rings. The van der Waals surface area contributed by atoms with Crippen LogP contribution in [0.3, 0.4) is 0 Å². The van der Waals surface area contributed by atoms with Crippen LogP contribution in [0, 0.1) is 63.8 Å². The van der Waals surface area contributed by atoms with E-state index in [0.717, 1.165) is 48.3 Å². The van der Waals surface area contributed by atoms with E-state index in [1.54, 1.807) is 6.26 Å². The van der Waals surface area contributed by atoms with E-state index in [1.165, 1.54) is 64.2 Å². The number of nitriles is 1. The molecular weight excluding hydrogens is 446 g/mol. The van der Waals surface area contributed by atoms with E-state index in [0.29, 0.717) is 36.2 Å². The van der Waals surface area contributed by atoms with Crippen LogP contribution in [0.4, 0.5) is 0 Å². The first kappa shape index (κ1) is 27.8. The molecular formula is C32H53NO3. The van der Waals surface area contributed by atoms with Crippen LogP contribution in [0.1, 0.15) is 125 Å². The van der Waals surface area contributed by atoms with Crippen molar-refractivity contribution in [1.82, 2.24) is 0 Å². The zero-order chi connectivity index (χ0) is 25.9. The molecule has 0 aromatic rings. The predicted molar refractivity (Wildman–Crippen MR) is 144 cm³/mol. The van der Waals surface area contributed by atoms with E-state index >= 15 is 0 Å². The molecule has 4 fully saturated rings. The Kier molecular flexibility index (Phi) is 8.99. The van der Waals surface area contributed by atoms with Crippen LogP contribution < -0.4 is 0 Å². The number of esters is 1. The van der Waals surface area contributed by atoms with Crippen molar-refractivity contribution in [2.24, 2.45) is 52.3 Å². The van der Waals surface area contributed by atoms with Gasteiger partial charge in [-0.25, -0.2) is 0 Å². The molecule has 4 nitrogen and oxygen atoms in total. The quantitative estimate of drug-likeness (QED) is 0.172. The summed E-state index contributed by atoms with van der Waals surface area (Å²) in [6.07, 6.45) is 18.7. The van der Waals surface area contributed by atoms with Gasteiger partial charge in [-0.2, -0.15) is 5.26 Å². The maximum absolute atomic E-state index is 12.3. The summed E-state index contributed by atoms with van der Waals surface area (Å²) in [7, 11) is 0. The van der Waals surface area contributed by atoms with Gasteiger partial charge in [-0.15, -0.1) is 0 Å². The lowest BCUT2D eigenvalue weighted by molar-refractivity contribution is -0.163. The number of fused-ring (bicyclic) bond motifs is 5. The molecule has 0 aliphatic heterocycles. The highest BCUT2D eigenvalue weighted by Gasteiger charge is 2.60. The number of rotatable bonds is 10. The fourth-order valence-electron chi connectivity index (χ4n) is 9.93. The van der Waals surface area contributed by atoms with Crippen molar-refractivity contribution in [2.45, 2.75) is 131 Å². The minimum atomic E-state index is -0.119. The highest BCUT2D eigenvalue weighted by Crippen LogP contribution is 2.68. The fourth-order valence-corrected chi connectivity index (χ4v) is 9.93. The van der Waals surface area contributed by atoms with Gasteiger partial charge in [0, 0.05) is 6.42 Å². The number of ether oxygens (including phenoxy) is 2. The number of hydrogen-bond donors (Lipinski definition) is 0. The molecule has 4 rings (SSSR count). The third-order valence-electron chi connectivity index (χ3n) is 11.8. The molecule has 204 valence electrons. The minimum absolute atomic E-state index is 0.0837. The Labute approximate surface area is 221 Å². The third-order valence-corrected chi connectivity index (χ3v) is 11.8. The summed E-state index contributed by atoms with van der Waals surface area (Å²) >= 11 is 0. The van der Waals surface area contributed by atoms with Crippen LogP contribution in [0.15, 0.2) is 0 Å². The SMILES string of the molecule is CC(C)CCCC(C)C1CCC2C3CCC4CC(OC(=O)CCCOC#N)CCC4(C)C3CCC12C. The van der Waals surface area contributed by atoms with Crippen molar-refractivity contribution in [3.8, 4) is 6.26 Å². The van der Waals surface area contributed by atoms with Gasteiger partial charge >= 0.3 is 5.97 Å². The van der Waals surface area contributed by atoms with Crippen LogP contribution in [0.5, 0.6) is 0 Å². The molecule has 0 N–H and O–H groups in total. The van der Waals surface area contributed by atoms with Crippen molar-refractivity contribution in [2.75, 3.05) is 6.61 Å². The summed E-state index contributed by atoms with van der Waals surface area (Å²) in [5, 5.41) is 8.47. The summed E-state index contributed by atoms with van der Waals surface area (Å²) in [4.78, 5) is 12.3. The van der Waals surface area contributed by atoms with Crippen LogP contribution >= 0.6 is 0 Å². The number of nitrogens with zero attached hydrogens (tertiary/aromatic N) is 1. The molecule has 9 atom stereocenters. The first-order valence-electron chi connectivity index (χ1n) is 15.4. The molecule has 0 aromatic carbocycles. The summed E-state index contributed by atoms with van der Waals surface area (Å²) in [5.74, 6) is 5.92. The molecule has 0 radical (unpaired) electrons. The molecule has 0 bridgehead atoms. The Morgan fingerprint density at radius 3 is 2.44 bits per heavy atom.